The summed E-state index contributed by atoms with van der Waals surface area (Å²) in [7, 11) is 0. The van der Waals surface area contributed by atoms with Gasteiger partial charge in [-0.3, -0.25) is 0 Å². The molecule has 4 heteroatoms. The molecule has 0 bridgehead atoms. The fourth-order valence-electron chi connectivity index (χ4n) is 2.50. The van der Waals surface area contributed by atoms with Crippen LogP contribution in [0.15, 0.2) is 53.0 Å². The maximum Gasteiger partial charge on any atom is 0.119 e. The van der Waals surface area contributed by atoms with Gasteiger partial charge in [0.2, 0.25) is 0 Å². The molecule has 0 atom stereocenters. The number of anilines is 1. The maximum absolute atomic E-state index is 5.79. The molecule has 3 rings (SSSR count). The second-order valence-corrected chi connectivity index (χ2v) is 5.78. The first-order valence-electron chi connectivity index (χ1n) is 6.88. The number of halogens is 1. The molecule has 3 aromatic rings. The van der Waals surface area contributed by atoms with Gasteiger partial charge in [-0.2, -0.15) is 0 Å². The molecule has 1 aromatic heterocycles. The second-order valence-electron chi connectivity index (χ2n) is 4.99. The number of rotatable bonds is 4. The van der Waals surface area contributed by atoms with Crippen molar-refractivity contribution in [3.63, 3.8) is 0 Å². The number of fused-ring (bicyclic) bond motifs is 1. The lowest BCUT2D eigenvalue weighted by Crippen LogP contribution is -2.09. The molecule has 0 unspecified atom stereocenters. The van der Waals surface area contributed by atoms with Crippen molar-refractivity contribution in [2.45, 2.75) is 13.5 Å². The molecule has 0 saturated heterocycles. The Morgan fingerprint density at radius 1 is 1.10 bits per heavy atom. The van der Waals surface area contributed by atoms with E-state index in [0.29, 0.717) is 6.61 Å². The van der Waals surface area contributed by atoms with Gasteiger partial charge in [0.25, 0.3) is 0 Å². The van der Waals surface area contributed by atoms with Crippen molar-refractivity contribution in [1.29, 1.82) is 0 Å². The Bertz CT molecular complexity index is 762. The summed E-state index contributed by atoms with van der Waals surface area (Å²) >= 11 is 3.67. The van der Waals surface area contributed by atoms with Crippen LogP contribution in [-0.4, -0.2) is 11.2 Å². The topological polar surface area (TPSA) is 40.2 Å². The number of nitrogens with zero attached hydrogens (tertiary/aromatic N) is 1. The number of hydrogen-bond acceptors (Lipinski definition) is 2. The zero-order valence-electron chi connectivity index (χ0n) is 11.8. The van der Waals surface area contributed by atoms with E-state index >= 15 is 0 Å². The lowest BCUT2D eigenvalue weighted by Gasteiger charge is -2.10. The van der Waals surface area contributed by atoms with Crippen LogP contribution in [0, 0.1) is 6.92 Å². The summed E-state index contributed by atoms with van der Waals surface area (Å²) < 4.78 is 9.22. The largest absolute Gasteiger partial charge is 0.492 e. The number of ether oxygens (including phenoxy) is 1. The monoisotopic (exact) mass is 344 g/mol. The van der Waals surface area contributed by atoms with Gasteiger partial charge in [-0.1, -0.05) is 18.2 Å². The quantitative estimate of drug-likeness (QED) is 0.713. The zero-order valence-corrected chi connectivity index (χ0v) is 13.4. The number of aromatic nitrogens is 1. The van der Waals surface area contributed by atoms with Crippen LogP contribution >= 0.6 is 15.9 Å². The number of nitrogen functional groups attached to an aromatic ring is 1. The van der Waals surface area contributed by atoms with Crippen molar-refractivity contribution >= 4 is 32.5 Å². The minimum Gasteiger partial charge on any atom is -0.492 e. The van der Waals surface area contributed by atoms with E-state index in [4.69, 9.17) is 10.5 Å². The van der Waals surface area contributed by atoms with Gasteiger partial charge in [0.05, 0.1) is 6.54 Å². The lowest BCUT2D eigenvalue weighted by atomic mass is 10.2. The summed E-state index contributed by atoms with van der Waals surface area (Å²) in [5.41, 5.74) is 8.86. The molecule has 0 radical (unpaired) electrons. The second kappa shape index (κ2) is 5.82. The Hall–Kier alpha value is -1.94. The van der Waals surface area contributed by atoms with Crippen LogP contribution in [0.5, 0.6) is 5.75 Å². The van der Waals surface area contributed by atoms with Crippen LogP contribution in [-0.2, 0) is 6.54 Å². The third-order valence-electron chi connectivity index (χ3n) is 3.62. The number of para-hydroxylation sites is 1. The Morgan fingerprint density at radius 2 is 1.81 bits per heavy atom. The predicted molar refractivity (Wildman–Crippen MR) is 90.7 cm³/mol. The molecule has 0 aliphatic carbocycles. The SMILES string of the molecule is Cc1c(Br)c2ccccc2n1CCOc1ccc(N)cc1. The molecule has 1 heterocycles. The first kappa shape index (κ1) is 14.0. The van der Waals surface area contributed by atoms with E-state index < -0.39 is 0 Å². The van der Waals surface area contributed by atoms with Gasteiger partial charge in [-0.25, -0.2) is 0 Å². The summed E-state index contributed by atoms with van der Waals surface area (Å²) in [4.78, 5) is 0. The molecule has 0 fully saturated rings. The molecule has 108 valence electrons. The predicted octanol–water partition coefficient (Wildman–Crippen LogP) is 4.37. The van der Waals surface area contributed by atoms with E-state index in [1.807, 2.05) is 24.3 Å². The summed E-state index contributed by atoms with van der Waals surface area (Å²) in [6.07, 6.45) is 0. The van der Waals surface area contributed by atoms with Crippen molar-refractivity contribution in [3.8, 4) is 5.75 Å². The lowest BCUT2D eigenvalue weighted by molar-refractivity contribution is 0.299. The summed E-state index contributed by atoms with van der Waals surface area (Å²) in [6.45, 7) is 3.55. The first-order valence-corrected chi connectivity index (χ1v) is 7.68. The molecule has 0 aliphatic heterocycles. The Morgan fingerprint density at radius 3 is 2.57 bits per heavy atom. The first-order chi connectivity index (χ1) is 10.2. The van der Waals surface area contributed by atoms with E-state index in [1.165, 1.54) is 16.6 Å². The van der Waals surface area contributed by atoms with E-state index in [9.17, 15) is 0 Å². The van der Waals surface area contributed by atoms with Crippen LogP contribution in [0.4, 0.5) is 5.69 Å². The minimum absolute atomic E-state index is 0.621. The molecule has 0 saturated carbocycles. The highest BCUT2D eigenvalue weighted by Crippen LogP contribution is 2.30. The number of nitrogens with two attached hydrogens (primary N) is 1. The van der Waals surface area contributed by atoms with Crippen LogP contribution in [0.2, 0.25) is 0 Å². The minimum atomic E-state index is 0.621. The van der Waals surface area contributed by atoms with Gasteiger partial charge in [-0.15, -0.1) is 0 Å². The van der Waals surface area contributed by atoms with Gasteiger partial charge in [0.1, 0.15) is 12.4 Å². The van der Waals surface area contributed by atoms with Gasteiger partial charge < -0.3 is 15.0 Å². The van der Waals surface area contributed by atoms with Crippen molar-refractivity contribution in [3.05, 3.63) is 58.7 Å². The average Bonchev–Trinajstić information content (AvgIpc) is 2.75. The molecular weight excluding hydrogens is 328 g/mol. The molecule has 0 spiro atoms. The van der Waals surface area contributed by atoms with Crippen molar-refractivity contribution in [2.24, 2.45) is 0 Å². The van der Waals surface area contributed by atoms with Crippen molar-refractivity contribution in [2.75, 3.05) is 12.3 Å². The van der Waals surface area contributed by atoms with Crippen LogP contribution in [0.1, 0.15) is 5.69 Å². The standard InChI is InChI=1S/C17H17BrN2O/c1-12-17(18)15-4-2-3-5-16(15)20(12)10-11-21-14-8-6-13(19)7-9-14/h2-9H,10-11,19H2,1H3. The van der Waals surface area contributed by atoms with Gasteiger partial charge in [-0.05, 0) is 53.2 Å². The molecule has 2 N–H and O–H groups in total. The van der Waals surface area contributed by atoms with Crippen molar-refractivity contribution in [1.82, 2.24) is 4.57 Å². The third-order valence-corrected chi connectivity index (χ3v) is 4.62. The fourth-order valence-corrected chi connectivity index (χ4v) is 3.04. The van der Waals surface area contributed by atoms with Gasteiger partial charge in [0, 0.05) is 26.8 Å². The summed E-state index contributed by atoms with van der Waals surface area (Å²) in [5, 5.41) is 1.24. The smallest absolute Gasteiger partial charge is 0.119 e. The van der Waals surface area contributed by atoms with E-state index in [-0.39, 0.29) is 0 Å². The van der Waals surface area contributed by atoms with Crippen LogP contribution < -0.4 is 10.5 Å². The average molecular weight is 345 g/mol. The van der Waals surface area contributed by atoms with E-state index in [0.717, 1.165) is 22.5 Å². The summed E-state index contributed by atoms with van der Waals surface area (Å²) in [6, 6.07) is 15.9. The maximum atomic E-state index is 5.79. The summed E-state index contributed by atoms with van der Waals surface area (Å²) in [5.74, 6) is 0.845. The third kappa shape index (κ3) is 2.76. The Kier molecular flexibility index (Phi) is 3.88. The van der Waals surface area contributed by atoms with Crippen molar-refractivity contribution < 1.29 is 4.74 Å². The molecule has 0 amide bonds. The van der Waals surface area contributed by atoms with E-state index in [1.54, 1.807) is 0 Å². The zero-order chi connectivity index (χ0) is 14.8. The number of benzene rings is 2. The van der Waals surface area contributed by atoms with Crippen LogP contribution in [0.25, 0.3) is 10.9 Å². The highest BCUT2D eigenvalue weighted by molar-refractivity contribution is 9.10. The normalized spacial score (nSPS) is 11.0. The molecule has 3 nitrogen and oxygen atoms in total. The fraction of sp³-hybridized carbons (Fsp3) is 0.176. The Balaban J connectivity index is 1.76. The van der Waals surface area contributed by atoms with Crippen LogP contribution in [0.3, 0.4) is 0 Å². The van der Waals surface area contributed by atoms with Gasteiger partial charge in [0.15, 0.2) is 0 Å². The Labute approximate surface area is 132 Å². The highest BCUT2D eigenvalue weighted by Gasteiger charge is 2.11. The molecular formula is C17H17BrN2O. The molecule has 21 heavy (non-hydrogen) atoms. The number of hydrogen-bond donors (Lipinski definition) is 1. The van der Waals surface area contributed by atoms with E-state index in [2.05, 4.69) is 51.7 Å². The molecule has 0 aliphatic rings. The highest BCUT2D eigenvalue weighted by atomic mass is 79.9. The van der Waals surface area contributed by atoms with Gasteiger partial charge >= 0.3 is 0 Å². The molecule has 2 aromatic carbocycles.